The van der Waals surface area contributed by atoms with Gasteiger partial charge in [-0.1, -0.05) is 19.9 Å². The minimum atomic E-state index is -1.11. The van der Waals surface area contributed by atoms with E-state index in [9.17, 15) is 19.5 Å². The molecule has 9 nitrogen and oxygen atoms in total. The van der Waals surface area contributed by atoms with E-state index < -0.39 is 30.0 Å². The fraction of sp³-hybridized carbons (Fsp3) is 0.500. The van der Waals surface area contributed by atoms with E-state index in [1.807, 2.05) is 13.8 Å². The van der Waals surface area contributed by atoms with Crippen LogP contribution < -0.4 is 16.4 Å². The molecule has 3 amide bonds. The number of aliphatic hydroxyl groups excluding tert-OH is 1. The number of aliphatic hydroxyl groups is 1. The first-order valence-corrected chi connectivity index (χ1v) is 8.60. The minimum absolute atomic E-state index is 0.0555. The van der Waals surface area contributed by atoms with E-state index in [4.69, 9.17) is 10.8 Å². The van der Waals surface area contributed by atoms with Crippen molar-refractivity contribution in [3.63, 3.8) is 0 Å². The standard InChI is InChI=1S/C18H28N4O5/c1-10(2)15(19)17(25)20-11(3)16(24)21-14-6-5-12(9-23)13(7-14)8-22(4)18(26)27/h5-7,10-11,15,23H,8-9,19H2,1-4H3,(H,20,25)(H,21,24)(H,26,27). The monoisotopic (exact) mass is 380 g/mol. The average Bonchev–Trinajstić information content (AvgIpc) is 2.60. The third-order valence-corrected chi connectivity index (χ3v) is 4.15. The smallest absolute Gasteiger partial charge is 0.407 e. The number of nitrogens with zero attached hydrogens (tertiary/aromatic N) is 1. The quantitative estimate of drug-likeness (QED) is 0.449. The molecule has 150 valence electrons. The zero-order valence-electron chi connectivity index (χ0n) is 16.0. The maximum Gasteiger partial charge on any atom is 0.407 e. The first-order chi connectivity index (χ1) is 12.6. The number of nitrogens with one attached hydrogen (secondary N) is 2. The van der Waals surface area contributed by atoms with E-state index in [1.165, 1.54) is 7.05 Å². The van der Waals surface area contributed by atoms with Gasteiger partial charge in [-0.25, -0.2) is 4.79 Å². The van der Waals surface area contributed by atoms with Gasteiger partial charge in [0.1, 0.15) is 6.04 Å². The molecule has 2 unspecified atom stereocenters. The van der Waals surface area contributed by atoms with E-state index in [0.717, 1.165) is 4.90 Å². The van der Waals surface area contributed by atoms with Gasteiger partial charge >= 0.3 is 6.09 Å². The Hall–Kier alpha value is -2.65. The van der Waals surface area contributed by atoms with Crippen molar-refractivity contribution < 1.29 is 24.6 Å². The van der Waals surface area contributed by atoms with Crippen molar-refractivity contribution in [3.05, 3.63) is 29.3 Å². The molecule has 1 aromatic rings. The number of amides is 3. The predicted octanol–water partition coefficient (Wildman–Crippen LogP) is 0.715. The maximum atomic E-state index is 12.3. The lowest BCUT2D eigenvalue weighted by Gasteiger charge is -2.20. The Morgan fingerprint density at radius 2 is 1.78 bits per heavy atom. The highest BCUT2D eigenvalue weighted by Crippen LogP contribution is 2.18. The molecule has 0 aromatic heterocycles. The Morgan fingerprint density at radius 1 is 1.15 bits per heavy atom. The van der Waals surface area contributed by atoms with Gasteiger partial charge in [-0.3, -0.25) is 9.59 Å². The predicted molar refractivity (Wildman–Crippen MR) is 101 cm³/mol. The van der Waals surface area contributed by atoms with Gasteiger partial charge in [0, 0.05) is 19.3 Å². The first-order valence-electron chi connectivity index (χ1n) is 8.60. The van der Waals surface area contributed by atoms with Gasteiger partial charge in [0.15, 0.2) is 0 Å². The Balaban J connectivity index is 2.84. The molecule has 2 atom stereocenters. The summed E-state index contributed by atoms with van der Waals surface area (Å²) in [5, 5.41) is 23.7. The molecule has 0 fully saturated rings. The second-order valence-corrected chi connectivity index (χ2v) is 6.77. The molecule has 0 aliphatic rings. The highest BCUT2D eigenvalue weighted by atomic mass is 16.4. The molecule has 0 aliphatic heterocycles. The number of carbonyl (C=O) groups excluding carboxylic acids is 2. The van der Waals surface area contributed by atoms with E-state index in [1.54, 1.807) is 25.1 Å². The van der Waals surface area contributed by atoms with E-state index in [2.05, 4.69) is 10.6 Å². The Bertz CT molecular complexity index is 692. The molecular formula is C18H28N4O5. The van der Waals surface area contributed by atoms with E-state index in [0.29, 0.717) is 16.8 Å². The highest BCUT2D eigenvalue weighted by Gasteiger charge is 2.22. The van der Waals surface area contributed by atoms with Crippen molar-refractivity contribution in [2.24, 2.45) is 11.7 Å². The SMILES string of the molecule is CC(NC(=O)C(N)C(C)C)C(=O)Nc1ccc(CO)c(CN(C)C(=O)O)c1. The van der Waals surface area contributed by atoms with Gasteiger partial charge in [0.2, 0.25) is 11.8 Å². The Kier molecular flexibility index (Phi) is 8.20. The van der Waals surface area contributed by atoms with Crippen LogP contribution in [0, 0.1) is 5.92 Å². The van der Waals surface area contributed by atoms with Crippen LogP contribution in [-0.2, 0) is 22.7 Å². The normalized spacial score (nSPS) is 13.0. The van der Waals surface area contributed by atoms with Crippen LogP contribution in [0.25, 0.3) is 0 Å². The number of hydrogen-bond donors (Lipinski definition) is 5. The number of benzene rings is 1. The van der Waals surface area contributed by atoms with Crippen molar-refractivity contribution in [1.82, 2.24) is 10.2 Å². The summed E-state index contributed by atoms with van der Waals surface area (Å²) in [4.78, 5) is 36.4. The highest BCUT2D eigenvalue weighted by molar-refractivity contribution is 5.97. The van der Waals surface area contributed by atoms with Gasteiger partial charge in [-0.05, 0) is 36.1 Å². The van der Waals surface area contributed by atoms with Gasteiger partial charge in [-0.2, -0.15) is 0 Å². The van der Waals surface area contributed by atoms with Crippen LogP contribution in [0.5, 0.6) is 0 Å². The molecule has 9 heteroatoms. The second kappa shape index (κ2) is 9.89. The number of carbonyl (C=O) groups is 3. The molecular weight excluding hydrogens is 352 g/mol. The van der Waals surface area contributed by atoms with Crippen LogP contribution >= 0.6 is 0 Å². The number of nitrogens with two attached hydrogens (primary N) is 1. The largest absolute Gasteiger partial charge is 0.465 e. The lowest BCUT2D eigenvalue weighted by atomic mass is 10.0. The molecule has 27 heavy (non-hydrogen) atoms. The van der Waals surface area contributed by atoms with Gasteiger partial charge < -0.3 is 31.5 Å². The van der Waals surface area contributed by atoms with Crippen LogP contribution in [0.4, 0.5) is 10.5 Å². The average molecular weight is 380 g/mol. The zero-order chi connectivity index (χ0) is 20.7. The van der Waals surface area contributed by atoms with Gasteiger partial charge in [-0.15, -0.1) is 0 Å². The summed E-state index contributed by atoms with van der Waals surface area (Å²) < 4.78 is 0. The lowest BCUT2D eigenvalue weighted by molar-refractivity contribution is -0.127. The van der Waals surface area contributed by atoms with Crippen LogP contribution in [0.3, 0.4) is 0 Å². The fourth-order valence-electron chi connectivity index (χ4n) is 2.26. The summed E-state index contributed by atoms with van der Waals surface area (Å²) in [6, 6.07) is 3.30. The maximum absolute atomic E-state index is 12.3. The summed E-state index contributed by atoms with van der Waals surface area (Å²) >= 11 is 0. The third kappa shape index (κ3) is 6.54. The van der Waals surface area contributed by atoms with E-state index in [-0.39, 0.29) is 19.1 Å². The molecule has 0 radical (unpaired) electrons. The van der Waals surface area contributed by atoms with Crippen LogP contribution in [0.15, 0.2) is 18.2 Å². The molecule has 6 N–H and O–H groups in total. The first kappa shape index (κ1) is 22.4. The van der Waals surface area contributed by atoms with Crippen molar-refractivity contribution in [2.45, 2.75) is 46.0 Å². The summed E-state index contributed by atoms with van der Waals surface area (Å²) in [5.41, 5.74) is 7.32. The minimum Gasteiger partial charge on any atom is -0.465 e. The Labute approximate surface area is 158 Å². The van der Waals surface area contributed by atoms with Crippen LogP contribution in [-0.4, -0.2) is 52.2 Å². The number of carboxylic acid groups (broad SMARTS) is 1. The van der Waals surface area contributed by atoms with Crippen LogP contribution in [0.1, 0.15) is 31.9 Å². The number of anilines is 1. The summed E-state index contributed by atoms with van der Waals surface area (Å²) in [5.74, 6) is -0.902. The van der Waals surface area contributed by atoms with Crippen molar-refractivity contribution in [2.75, 3.05) is 12.4 Å². The van der Waals surface area contributed by atoms with Crippen molar-refractivity contribution in [3.8, 4) is 0 Å². The third-order valence-electron chi connectivity index (χ3n) is 4.15. The Morgan fingerprint density at radius 3 is 2.30 bits per heavy atom. The molecule has 1 aromatic carbocycles. The molecule has 0 saturated carbocycles. The molecule has 0 saturated heterocycles. The summed E-state index contributed by atoms with van der Waals surface area (Å²) in [6.07, 6.45) is -1.11. The zero-order valence-corrected chi connectivity index (χ0v) is 16.0. The molecule has 0 heterocycles. The van der Waals surface area contributed by atoms with Gasteiger partial charge in [0.25, 0.3) is 0 Å². The second-order valence-electron chi connectivity index (χ2n) is 6.77. The van der Waals surface area contributed by atoms with Crippen molar-refractivity contribution in [1.29, 1.82) is 0 Å². The molecule has 0 bridgehead atoms. The number of hydrogen-bond acceptors (Lipinski definition) is 5. The van der Waals surface area contributed by atoms with E-state index >= 15 is 0 Å². The molecule has 1 rings (SSSR count). The van der Waals surface area contributed by atoms with Gasteiger partial charge in [0.05, 0.1) is 12.6 Å². The molecule has 0 spiro atoms. The topological polar surface area (TPSA) is 145 Å². The number of rotatable bonds is 8. The fourth-order valence-corrected chi connectivity index (χ4v) is 2.26. The summed E-state index contributed by atoms with van der Waals surface area (Å²) in [6.45, 7) is 4.98. The van der Waals surface area contributed by atoms with Crippen molar-refractivity contribution >= 4 is 23.6 Å². The lowest BCUT2D eigenvalue weighted by Crippen LogP contribution is -2.50. The summed E-state index contributed by atoms with van der Waals surface area (Å²) in [7, 11) is 1.41. The molecule has 0 aliphatic carbocycles. The van der Waals surface area contributed by atoms with Crippen LogP contribution in [0.2, 0.25) is 0 Å².